The van der Waals surface area contributed by atoms with Crippen LogP contribution in [0.15, 0.2) is 36.4 Å². The number of nitrogens with zero attached hydrogens (tertiary/aromatic N) is 2. The van der Waals surface area contributed by atoms with E-state index in [0.717, 1.165) is 24.5 Å². The molecule has 0 radical (unpaired) electrons. The second-order valence-corrected chi connectivity index (χ2v) is 8.03. The van der Waals surface area contributed by atoms with E-state index in [-0.39, 0.29) is 10.7 Å². The molecule has 1 aromatic heterocycles. The SMILES string of the molecule is FC(F)(F)c1cc(Cl)ccc1-n1nc(-c2ccc(Cl)cc2Cl)c2c1NCCCC2. The molecule has 2 aromatic carbocycles. The van der Waals surface area contributed by atoms with E-state index in [1.807, 2.05) is 0 Å². The van der Waals surface area contributed by atoms with Crippen LogP contribution in [0.4, 0.5) is 19.0 Å². The van der Waals surface area contributed by atoms with Crippen molar-refractivity contribution in [3.8, 4) is 16.9 Å². The summed E-state index contributed by atoms with van der Waals surface area (Å²) in [5, 5.41) is 8.66. The van der Waals surface area contributed by atoms with Crippen molar-refractivity contribution in [1.29, 1.82) is 0 Å². The zero-order chi connectivity index (χ0) is 20.8. The minimum Gasteiger partial charge on any atom is -0.370 e. The zero-order valence-corrected chi connectivity index (χ0v) is 17.2. The number of aromatic nitrogens is 2. The molecule has 0 unspecified atom stereocenters. The molecule has 0 atom stereocenters. The van der Waals surface area contributed by atoms with Crippen molar-refractivity contribution in [3.05, 3.63) is 62.6 Å². The predicted octanol–water partition coefficient (Wildman–Crippen LogP) is 7.27. The molecule has 152 valence electrons. The van der Waals surface area contributed by atoms with Crippen molar-refractivity contribution in [2.75, 3.05) is 11.9 Å². The number of hydrogen-bond acceptors (Lipinski definition) is 2. The van der Waals surface area contributed by atoms with Crippen LogP contribution in [0.1, 0.15) is 24.0 Å². The molecule has 0 amide bonds. The summed E-state index contributed by atoms with van der Waals surface area (Å²) in [6, 6.07) is 8.68. The molecule has 1 N–H and O–H groups in total. The van der Waals surface area contributed by atoms with Gasteiger partial charge < -0.3 is 5.32 Å². The van der Waals surface area contributed by atoms with Crippen molar-refractivity contribution in [2.45, 2.75) is 25.4 Å². The Kier molecular flexibility index (Phi) is 5.44. The standard InChI is InChI=1S/C20H15Cl3F3N3/c21-11-5-7-17(15(9-11)20(24,25)26)29-19-14(3-1-2-8-27-19)18(28-29)13-6-4-12(22)10-16(13)23/h4-7,9-10,27H,1-3,8H2. The van der Waals surface area contributed by atoms with E-state index in [0.29, 0.717) is 40.1 Å². The van der Waals surface area contributed by atoms with Gasteiger partial charge in [-0.2, -0.15) is 18.3 Å². The lowest BCUT2D eigenvalue weighted by molar-refractivity contribution is -0.137. The van der Waals surface area contributed by atoms with Crippen LogP contribution in [0.5, 0.6) is 0 Å². The molecule has 4 rings (SSSR count). The molecular formula is C20H15Cl3F3N3. The number of alkyl halides is 3. The smallest absolute Gasteiger partial charge is 0.370 e. The average Bonchev–Trinajstić information content (AvgIpc) is 2.83. The van der Waals surface area contributed by atoms with Gasteiger partial charge in [-0.25, -0.2) is 4.68 Å². The van der Waals surface area contributed by atoms with E-state index >= 15 is 0 Å². The summed E-state index contributed by atoms with van der Waals surface area (Å²) in [5.41, 5.74) is 1.05. The third-order valence-corrected chi connectivity index (χ3v) is 5.59. The summed E-state index contributed by atoms with van der Waals surface area (Å²) in [6.45, 7) is 0.640. The van der Waals surface area contributed by atoms with Crippen LogP contribution in [-0.4, -0.2) is 16.3 Å². The first kappa shape index (κ1) is 20.4. The normalized spacial score (nSPS) is 14.3. The van der Waals surface area contributed by atoms with E-state index in [1.54, 1.807) is 18.2 Å². The third kappa shape index (κ3) is 3.93. The molecule has 1 aliphatic heterocycles. The monoisotopic (exact) mass is 459 g/mol. The lowest BCUT2D eigenvalue weighted by Crippen LogP contribution is -2.14. The highest BCUT2D eigenvalue weighted by Crippen LogP contribution is 2.41. The van der Waals surface area contributed by atoms with Gasteiger partial charge in [0.1, 0.15) is 5.82 Å². The first-order valence-electron chi connectivity index (χ1n) is 8.94. The van der Waals surface area contributed by atoms with Crippen molar-refractivity contribution in [2.24, 2.45) is 0 Å². The number of anilines is 1. The van der Waals surface area contributed by atoms with Crippen LogP contribution in [0.3, 0.4) is 0 Å². The molecular weight excluding hydrogens is 446 g/mol. The highest BCUT2D eigenvalue weighted by molar-refractivity contribution is 6.36. The van der Waals surface area contributed by atoms with Gasteiger partial charge in [0, 0.05) is 27.7 Å². The Morgan fingerprint density at radius 1 is 0.966 bits per heavy atom. The summed E-state index contributed by atoms with van der Waals surface area (Å²) >= 11 is 18.2. The Morgan fingerprint density at radius 2 is 1.69 bits per heavy atom. The Labute approximate surface area is 180 Å². The fourth-order valence-electron chi connectivity index (χ4n) is 3.49. The number of nitrogens with one attached hydrogen (secondary N) is 1. The van der Waals surface area contributed by atoms with Gasteiger partial charge in [-0.15, -0.1) is 0 Å². The molecule has 2 heterocycles. The zero-order valence-electron chi connectivity index (χ0n) is 15.0. The fourth-order valence-corrected chi connectivity index (χ4v) is 4.16. The van der Waals surface area contributed by atoms with Crippen LogP contribution >= 0.6 is 34.8 Å². The molecule has 0 bridgehead atoms. The molecule has 3 aromatic rings. The topological polar surface area (TPSA) is 29.9 Å². The van der Waals surface area contributed by atoms with Gasteiger partial charge in [0.05, 0.1) is 22.0 Å². The van der Waals surface area contributed by atoms with Gasteiger partial charge in [0.15, 0.2) is 0 Å². The van der Waals surface area contributed by atoms with E-state index in [2.05, 4.69) is 10.4 Å². The Hall–Kier alpha value is -1.89. The molecule has 29 heavy (non-hydrogen) atoms. The largest absolute Gasteiger partial charge is 0.418 e. The molecule has 1 aliphatic rings. The summed E-state index contributed by atoms with van der Waals surface area (Å²) in [6.07, 6.45) is -2.13. The van der Waals surface area contributed by atoms with E-state index < -0.39 is 11.7 Å². The number of halogens is 6. The first-order valence-corrected chi connectivity index (χ1v) is 10.1. The van der Waals surface area contributed by atoms with Crippen molar-refractivity contribution < 1.29 is 13.2 Å². The highest BCUT2D eigenvalue weighted by atomic mass is 35.5. The molecule has 3 nitrogen and oxygen atoms in total. The van der Waals surface area contributed by atoms with Crippen molar-refractivity contribution in [1.82, 2.24) is 9.78 Å². The predicted molar refractivity (Wildman–Crippen MR) is 110 cm³/mol. The minimum atomic E-state index is -4.58. The van der Waals surface area contributed by atoms with Gasteiger partial charge in [-0.05, 0) is 55.7 Å². The second kappa shape index (κ2) is 7.74. The van der Waals surface area contributed by atoms with Crippen LogP contribution in [0.25, 0.3) is 16.9 Å². The maximum atomic E-state index is 13.7. The summed E-state index contributed by atoms with van der Waals surface area (Å²) in [4.78, 5) is 0. The van der Waals surface area contributed by atoms with Gasteiger partial charge in [0.25, 0.3) is 0 Å². The van der Waals surface area contributed by atoms with Gasteiger partial charge >= 0.3 is 6.18 Å². The maximum absolute atomic E-state index is 13.7. The lowest BCUT2D eigenvalue weighted by atomic mass is 10.0. The second-order valence-electron chi connectivity index (χ2n) is 6.75. The number of rotatable bonds is 2. The van der Waals surface area contributed by atoms with Gasteiger partial charge in [0.2, 0.25) is 0 Å². The number of fused-ring (bicyclic) bond motifs is 1. The minimum absolute atomic E-state index is 0.00764. The summed E-state index contributed by atoms with van der Waals surface area (Å²) < 4.78 is 42.4. The Balaban J connectivity index is 1.98. The van der Waals surface area contributed by atoms with Crippen LogP contribution in [0.2, 0.25) is 15.1 Å². The molecule has 0 spiro atoms. The summed E-state index contributed by atoms with van der Waals surface area (Å²) in [5.74, 6) is 0.538. The van der Waals surface area contributed by atoms with Gasteiger partial charge in [-0.1, -0.05) is 34.8 Å². The van der Waals surface area contributed by atoms with Crippen LogP contribution in [0, 0.1) is 0 Å². The van der Waals surface area contributed by atoms with Crippen molar-refractivity contribution >= 4 is 40.6 Å². The molecule has 0 saturated heterocycles. The number of hydrogen-bond donors (Lipinski definition) is 1. The molecule has 0 saturated carbocycles. The average molecular weight is 461 g/mol. The fraction of sp³-hybridized carbons (Fsp3) is 0.250. The van der Waals surface area contributed by atoms with E-state index in [4.69, 9.17) is 34.8 Å². The summed E-state index contributed by atoms with van der Waals surface area (Å²) in [7, 11) is 0. The number of benzene rings is 2. The quantitative estimate of drug-likeness (QED) is 0.436. The van der Waals surface area contributed by atoms with Gasteiger partial charge in [-0.3, -0.25) is 0 Å². The van der Waals surface area contributed by atoms with E-state index in [9.17, 15) is 13.2 Å². The molecule has 9 heteroatoms. The van der Waals surface area contributed by atoms with E-state index in [1.165, 1.54) is 16.8 Å². The molecule has 0 aliphatic carbocycles. The highest BCUT2D eigenvalue weighted by Gasteiger charge is 2.36. The third-order valence-electron chi connectivity index (χ3n) is 4.81. The van der Waals surface area contributed by atoms with Crippen LogP contribution < -0.4 is 5.32 Å². The Bertz CT molecular complexity index is 1080. The maximum Gasteiger partial charge on any atom is 0.418 e. The molecule has 0 fully saturated rings. The lowest BCUT2D eigenvalue weighted by Gasteiger charge is -2.16. The first-order chi connectivity index (χ1) is 13.8. The van der Waals surface area contributed by atoms with Crippen molar-refractivity contribution in [3.63, 3.8) is 0 Å². The van der Waals surface area contributed by atoms with Crippen LogP contribution in [-0.2, 0) is 12.6 Å². The Morgan fingerprint density at radius 3 is 2.41 bits per heavy atom.